The smallest absolute Gasteiger partial charge is 0.416 e. The van der Waals surface area contributed by atoms with Gasteiger partial charge >= 0.3 is 6.18 Å². The van der Waals surface area contributed by atoms with E-state index in [-0.39, 0.29) is 18.3 Å². The maximum absolute atomic E-state index is 12.8. The van der Waals surface area contributed by atoms with E-state index in [9.17, 15) is 13.2 Å². The van der Waals surface area contributed by atoms with Crippen molar-refractivity contribution in [3.8, 4) is 5.88 Å². The van der Waals surface area contributed by atoms with Crippen molar-refractivity contribution in [2.75, 3.05) is 31.7 Å². The number of ether oxygens (including phenoxy) is 2. The normalized spacial score (nSPS) is 11.5. The van der Waals surface area contributed by atoms with Gasteiger partial charge in [-0.05, 0) is 19.4 Å². The van der Waals surface area contributed by atoms with Crippen LogP contribution >= 0.6 is 0 Å². The van der Waals surface area contributed by atoms with E-state index < -0.39 is 11.7 Å². The Balaban J connectivity index is 2.61. The zero-order valence-electron chi connectivity index (χ0n) is 12.3. The molecule has 1 rings (SSSR count). The molecule has 0 atom stereocenters. The van der Waals surface area contributed by atoms with E-state index in [0.717, 1.165) is 25.0 Å². The van der Waals surface area contributed by atoms with Gasteiger partial charge in [-0.2, -0.15) is 18.2 Å². The molecule has 0 spiro atoms. The van der Waals surface area contributed by atoms with Crippen LogP contribution in [0, 0.1) is 0 Å². The van der Waals surface area contributed by atoms with Crippen molar-refractivity contribution in [1.82, 2.24) is 4.98 Å². The Morgan fingerprint density at radius 1 is 1.14 bits per heavy atom. The van der Waals surface area contributed by atoms with Gasteiger partial charge in [0.05, 0.1) is 12.2 Å². The van der Waals surface area contributed by atoms with Crippen LogP contribution in [0.4, 0.5) is 19.0 Å². The van der Waals surface area contributed by atoms with Gasteiger partial charge in [-0.1, -0.05) is 13.3 Å². The van der Waals surface area contributed by atoms with Gasteiger partial charge in [0.25, 0.3) is 0 Å². The van der Waals surface area contributed by atoms with Crippen LogP contribution in [0.1, 0.15) is 32.3 Å². The molecule has 4 nitrogen and oxygen atoms in total. The Bertz CT molecular complexity index is 425. The van der Waals surface area contributed by atoms with Gasteiger partial charge in [-0.3, -0.25) is 0 Å². The molecule has 1 aromatic rings. The minimum atomic E-state index is -4.43. The Hall–Kier alpha value is -1.50. The van der Waals surface area contributed by atoms with Crippen LogP contribution in [0.5, 0.6) is 5.88 Å². The summed E-state index contributed by atoms with van der Waals surface area (Å²) in [6.07, 6.45) is -2.45. The summed E-state index contributed by atoms with van der Waals surface area (Å²) in [6, 6.07) is 1.86. The summed E-state index contributed by atoms with van der Waals surface area (Å²) in [7, 11) is 0. The van der Waals surface area contributed by atoms with Gasteiger partial charge in [-0.25, -0.2) is 0 Å². The number of rotatable bonds is 9. The number of pyridine rings is 1. The molecular formula is C14H21F3N2O2. The fraction of sp³-hybridized carbons (Fsp3) is 0.643. The van der Waals surface area contributed by atoms with Crippen molar-refractivity contribution >= 4 is 5.82 Å². The molecule has 21 heavy (non-hydrogen) atoms. The molecule has 0 saturated carbocycles. The monoisotopic (exact) mass is 306 g/mol. The number of aromatic nitrogens is 1. The number of hydrogen-bond acceptors (Lipinski definition) is 4. The van der Waals surface area contributed by atoms with Gasteiger partial charge in [0.15, 0.2) is 0 Å². The Morgan fingerprint density at radius 2 is 1.90 bits per heavy atom. The second-order valence-electron chi connectivity index (χ2n) is 4.42. The fourth-order valence-electron chi connectivity index (χ4n) is 1.57. The lowest BCUT2D eigenvalue weighted by molar-refractivity contribution is -0.137. The zero-order valence-corrected chi connectivity index (χ0v) is 12.3. The van der Waals surface area contributed by atoms with Crippen molar-refractivity contribution in [3.05, 3.63) is 17.7 Å². The first-order valence-corrected chi connectivity index (χ1v) is 7.01. The zero-order chi connectivity index (χ0) is 15.7. The minimum absolute atomic E-state index is 0.0557. The van der Waals surface area contributed by atoms with Crippen LogP contribution in [0.3, 0.4) is 0 Å². The molecule has 0 unspecified atom stereocenters. The third kappa shape index (κ3) is 6.66. The van der Waals surface area contributed by atoms with E-state index in [4.69, 9.17) is 9.47 Å². The fourth-order valence-corrected chi connectivity index (χ4v) is 1.57. The molecule has 0 aromatic carbocycles. The highest BCUT2D eigenvalue weighted by Crippen LogP contribution is 2.32. The number of hydrogen-bond donors (Lipinski definition) is 1. The van der Waals surface area contributed by atoms with Crippen molar-refractivity contribution < 1.29 is 22.6 Å². The summed E-state index contributed by atoms with van der Waals surface area (Å²) in [5.41, 5.74) is -0.782. The molecule has 0 amide bonds. The maximum Gasteiger partial charge on any atom is 0.416 e. The topological polar surface area (TPSA) is 43.4 Å². The maximum atomic E-state index is 12.8. The second-order valence-corrected chi connectivity index (χ2v) is 4.42. The highest BCUT2D eigenvalue weighted by molar-refractivity contribution is 5.42. The average Bonchev–Trinajstić information content (AvgIpc) is 2.42. The van der Waals surface area contributed by atoms with E-state index in [1.807, 2.05) is 0 Å². The van der Waals surface area contributed by atoms with Crippen molar-refractivity contribution in [2.24, 2.45) is 0 Å². The molecule has 0 bridgehead atoms. The van der Waals surface area contributed by atoms with Gasteiger partial charge in [-0.15, -0.1) is 0 Å². The van der Waals surface area contributed by atoms with Crippen molar-refractivity contribution in [3.63, 3.8) is 0 Å². The third-order valence-corrected chi connectivity index (χ3v) is 2.61. The third-order valence-electron chi connectivity index (χ3n) is 2.61. The largest absolute Gasteiger partial charge is 0.475 e. The van der Waals surface area contributed by atoms with Crippen LogP contribution in [0.15, 0.2) is 12.1 Å². The van der Waals surface area contributed by atoms with Crippen LogP contribution in [-0.4, -0.2) is 31.3 Å². The number of alkyl halides is 3. The molecule has 0 aliphatic heterocycles. The van der Waals surface area contributed by atoms with Gasteiger partial charge in [0.2, 0.25) is 5.88 Å². The lowest BCUT2D eigenvalue weighted by atomic mass is 10.2. The Labute approximate surface area is 122 Å². The lowest BCUT2D eigenvalue weighted by Crippen LogP contribution is -2.12. The Kier molecular flexibility index (Phi) is 7.28. The van der Waals surface area contributed by atoms with Gasteiger partial charge in [0.1, 0.15) is 12.4 Å². The number of nitrogens with one attached hydrogen (secondary N) is 1. The molecule has 0 aliphatic rings. The quantitative estimate of drug-likeness (QED) is 0.706. The molecule has 0 fully saturated rings. The molecule has 0 aliphatic carbocycles. The molecule has 120 valence electrons. The van der Waals surface area contributed by atoms with Crippen molar-refractivity contribution in [1.29, 1.82) is 0 Å². The highest BCUT2D eigenvalue weighted by Gasteiger charge is 2.31. The number of nitrogens with zero attached hydrogens (tertiary/aromatic N) is 1. The summed E-state index contributed by atoms with van der Waals surface area (Å²) in [6.45, 7) is 5.43. The minimum Gasteiger partial charge on any atom is -0.475 e. The van der Waals surface area contributed by atoms with Crippen LogP contribution in [-0.2, 0) is 10.9 Å². The first kappa shape index (κ1) is 17.6. The summed E-state index contributed by atoms with van der Waals surface area (Å²) >= 11 is 0. The number of anilines is 1. The molecular weight excluding hydrogens is 285 g/mol. The molecule has 0 radical (unpaired) electrons. The predicted molar refractivity (Wildman–Crippen MR) is 74.6 cm³/mol. The molecule has 1 N–H and O–H groups in total. The summed E-state index contributed by atoms with van der Waals surface area (Å²) in [4.78, 5) is 3.98. The standard InChI is InChI=1S/C14H21F3N2O2/c1-3-5-6-20-7-8-21-13-10-11(14(15,16)17)9-12(19-13)18-4-2/h9-10H,3-8H2,1-2H3,(H,18,19). The average molecular weight is 306 g/mol. The lowest BCUT2D eigenvalue weighted by Gasteiger charge is -2.12. The summed E-state index contributed by atoms with van der Waals surface area (Å²) in [5.74, 6) is 0.0918. The van der Waals surface area contributed by atoms with Crippen LogP contribution in [0.25, 0.3) is 0 Å². The molecule has 7 heteroatoms. The van der Waals surface area contributed by atoms with Crippen LogP contribution < -0.4 is 10.1 Å². The molecule has 1 aromatic heterocycles. The van der Waals surface area contributed by atoms with Crippen LogP contribution in [0.2, 0.25) is 0 Å². The predicted octanol–water partition coefficient (Wildman–Crippen LogP) is 3.73. The number of halogens is 3. The van der Waals surface area contributed by atoms with E-state index in [2.05, 4.69) is 17.2 Å². The summed E-state index contributed by atoms with van der Waals surface area (Å²) < 4.78 is 48.9. The Morgan fingerprint density at radius 3 is 2.52 bits per heavy atom. The van der Waals surface area contributed by atoms with Gasteiger partial charge < -0.3 is 14.8 Å². The SMILES string of the molecule is CCCCOCCOc1cc(C(F)(F)F)cc(NCC)n1. The highest BCUT2D eigenvalue weighted by atomic mass is 19.4. The van der Waals surface area contributed by atoms with E-state index in [1.54, 1.807) is 6.92 Å². The molecule has 1 heterocycles. The van der Waals surface area contributed by atoms with E-state index in [1.165, 1.54) is 0 Å². The molecule has 0 saturated heterocycles. The van der Waals surface area contributed by atoms with E-state index in [0.29, 0.717) is 19.8 Å². The summed E-state index contributed by atoms with van der Waals surface area (Å²) in [5, 5.41) is 2.76. The first-order chi connectivity index (χ1) is 9.97. The van der Waals surface area contributed by atoms with Crippen molar-refractivity contribution in [2.45, 2.75) is 32.9 Å². The van der Waals surface area contributed by atoms with E-state index >= 15 is 0 Å². The second kappa shape index (κ2) is 8.71. The van der Waals surface area contributed by atoms with Gasteiger partial charge in [0, 0.05) is 19.2 Å². The number of unbranched alkanes of at least 4 members (excludes halogenated alkanes) is 1. The first-order valence-electron chi connectivity index (χ1n) is 7.01.